The van der Waals surface area contributed by atoms with E-state index >= 15 is 0 Å². The third kappa shape index (κ3) is 3.06. The Morgan fingerprint density at radius 3 is 3.00 bits per heavy atom. The number of aromatic amines is 1. The van der Waals surface area contributed by atoms with Crippen molar-refractivity contribution in [1.82, 2.24) is 9.97 Å². The zero-order valence-electron chi connectivity index (χ0n) is 7.44. The molecule has 6 heteroatoms. The quantitative estimate of drug-likeness (QED) is 0.458. The zero-order valence-corrected chi connectivity index (χ0v) is 8.26. The number of aromatic nitrogens is 2. The van der Waals surface area contributed by atoms with Gasteiger partial charge in [0.15, 0.2) is 0 Å². The van der Waals surface area contributed by atoms with Crippen LogP contribution in [-0.4, -0.2) is 15.9 Å². The molecular formula is C8H8N2O3S. The minimum absolute atomic E-state index is 0.229. The Morgan fingerprint density at radius 2 is 2.43 bits per heavy atom. The van der Waals surface area contributed by atoms with E-state index < -0.39 is 5.97 Å². The topological polar surface area (TPSA) is 72.0 Å². The van der Waals surface area contributed by atoms with E-state index in [9.17, 15) is 9.59 Å². The van der Waals surface area contributed by atoms with Gasteiger partial charge in [-0.3, -0.25) is 9.78 Å². The molecule has 74 valence electrons. The smallest absolute Gasteiger partial charge is 0.345 e. The van der Waals surface area contributed by atoms with Gasteiger partial charge in [-0.25, -0.2) is 9.78 Å². The lowest BCUT2D eigenvalue weighted by Gasteiger charge is -1.99. The van der Waals surface area contributed by atoms with Gasteiger partial charge in [0, 0.05) is 17.8 Å². The second-order valence-electron chi connectivity index (χ2n) is 2.47. The van der Waals surface area contributed by atoms with Crippen LogP contribution < -0.4 is 5.56 Å². The molecule has 0 aliphatic heterocycles. The summed E-state index contributed by atoms with van der Waals surface area (Å²) in [6.07, 6.45) is 1.33. The molecule has 5 nitrogen and oxygen atoms in total. The SMILES string of the molecule is C=C(C)C(=O)OSc1nccc(=O)[nH]1. The van der Waals surface area contributed by atoms with Gasteiger partial charge >= 0.3 is 5.97 Å². The van der Waals surface area contributed by atoms with E-state index in [1.165, 1.54) is 19.2 Å². The minimum atomic E-state index is -0.540. The molecule has 0 unspecified atom stereocenters. The van der Waals surface area contributed by atoms with Gasteiger partial charge in [0.05, 0.1) is 0 Å². The third-order valence-electron chi connectivity index (χ3n) is 1.19. The van der Waals surface area contributed by atoms with E-state index in [-0.39, 0.29) is 16.3 Å². The fraction of sp³-hybridized carbons (Fsp3) is 0.125. The van der Waals surface area contributed by atoms with Crippen molar-refractivity contribution in [2.45, 2.75) is 12.1 Å². The molecule has 0 aliphatic rings. The van der Waals surface area contributed by atoms with Crippen LogP contribution in [0.5, 0.6) is 0 Å². The van der Waals surface area contributed by atoms with Gasteiger partial charge < -0.3 is 4.18 Å². The van der Waals surface area contributed by atoms with Crippen LogP contribution in [0.2, 0.25) is 0 Å². The number of nitrogens with zero attached hydrogens (tertiary/aromatic N) is 1. The van der Waals surface area contributed by atoms with Crippen LogP contribution in [-0.2, 0) is 8.98 Å². The van der Waals surface area contributed by atoms with Gasteiger partial charge in [0.25, 0.3) is 5.56 Å². The van der Waals surface area contributed by atoms with Gasteiger partial charge in [0.2, 0.25) is 5.16 Å². The lowest BCUT2D eigenvalue weighted by molar-refractivity contribution is -0.128. The maximum absolute atomic E-state index is 10.9. The molecule has 1 aromatic heterocycles. The summed E-state index contributed by atoms with van der Waals surface area (Å²) < 4.78 is 4.69. The summed E-state index contributed by atoms with van der Waals surface area (Å²) >= 11 is 0.694. The lowest BCUT2D eigenvalue weighted by atomic mass is 10.4. The van der Waals surface area contributed by atoms with Gasteiger partial charge in [-0.05, 0) is 6.92 Å². The van der Waals surface area contributed by atoms with Crippen molar-refractivity contribution in [3.05, 3.63) is 34.8 Å². The van der Waals surface area contributed by atoms with Crippen molar-refractivity contribution in [2.24, 2.45) is 0 Å². The van der Waals surface area contributed by atoms with Gasteiger partial charge in [-0.15, -0.1) is 0 Å². The number of hydrogen-bond acceptors (Lipinski definition) is 5. The Morgan fingerprint density at radius 1 is 1.71 bits per heavy atom. The summed E-state index contributed by atoms with van der Waals surface area (Å²) in [4.78, 5) is 27.9. The van der Waals surface area contributed by atoms with Crippen molar-refractivity contribution in [2.75, 3.05) is 0 Å². The highest BCUT2D eigenvalue weighted by Gasteiger charge is 2.05. The largest absolute Gasteiger partial charge is 0.379 e. The van der Waals surface area contributed by atoms with Crippen molar-refractivity contribution in [3.8, 4) is 0 Å². The third-order valence-corrected chi connectivity index (χ3v) is 1.79. The standard InChI is InChI=1S/C8H8N2O3S/c1-5(2)7(12)13-14-8-9-4-3-6(11)10-8/h3-4H,1H2,2H3,(H,9,10,11). The Kier molecular flexibility index (Phi) is 3.47. The Balaban J connectivity index is 2.58. The molecule has 0 aromatic carbocycles. The highest BCUT2D eigenvalue weighted by atomic mass is 32.2. The molecule has 0 spiro atoms. The Labute approximate surface area is 84.4 Å². The Hall–Kier alpha value is -1.56. The number of H-pyrrole nitrogens is 1. The van der Waals surface area contributed by atoms with Crippen molar-refractivity contribution < 1.29 is 8.98 Å². The fourth-order valence-corrected chi connectivity index (χ4v) is 1.09. The lowest BCUT2D eigenvalue weighted by Crippen LogP contribution is -2.06. The summed E-state index contributed by atoms with van der Waals surface area (Å²) in [7, 11) is 0. The number of carbonyl (C=O) groups excluding carboxylic acids is 1. The van der Waals surface area contributed by atoms with E-state index in [4.69, 9.17) is 4.18 Å². The highest BCUT2D eigenvalue weighted by molar-refractivity contribution is 7.94. The minimum Gasteiger partial charge on any atom is -0.379 e. The maximum Gasteiger partial charge on any atom is 0.345 e. The van der Waals surface area contributed by atoms with Crippen LogP contribution in [0.1, 0.15) is 6.92 Å². The van der Waals surface area contributed by atoms with Crippen LogP contribution in [0.3, 0.4) is 0 Å². The van der Waals surface area contributed by atoms with E-state index in [0.717, 1.165) is 0 Å². The zero-order chi connectivity index (χ0) is 10.6. The molecular weight excluding hydrogens is 204 g/mol. The summed E-state index contributed by atoms with van der Waals surface area (Å²) in [5, 5.41) is 0.229. The van der Waals surface area contributed by atoms with Gasteiger partial charge in [0.1, 0.15) is 12.0 Å². The summed E-state index contributed by atoms with van der Waals surface area (Å²) in [6.45, 7) is 4.94. The molecule has 0 fully saturated rings. The first kappa shape index (κ1) is 10.5. The molecule has 0 atom stereocenters. The second-order valence-corrected chi connectivity index (χ2v) is 3.19. The molecule has 1 N–H and O–H groups in total. The summed E-state index contributed by atoms with van der Waals surface area (Å²) in [5.41, 5.74) is -0.00958. The van der Waals surface area contributed by atoms with Crippen LogP contribution in [0.15, 0.2) is 34.4 Å². The average molecular weight is 212 g/mol. The monoisotopic (exact) mass is 212 g/mol. The molecule has 1 aromatic rings. The predicted octanol–water partition coefficient (Wildman–Crippen LogP) is 0.896. The first-order valence-corrected chi connectivity index (χ1v) is 4.43. The van der Waals surface area contributed by atoms with Crippen LogP contribution in [0.4, 0.5) is 0 Å². The number of nitrogens with one attached hydrogen (secondary N) is 1. The van der Waals surface area contributed by atoms with Crippen molar-refractivity contribution >= 4 is 18.0 Å². The van der Waals surface area contributed by atoms with Crippen molar-refractivity contribution in [3.63, 3.8) is 0 Å². The first-order valence-electron chi connectivity index (χ1n) is 3.69. The molecule has 1 heterocycles. The fourth-order valence-electron chi connectivity index (χ4n) is 0.543. The number of hydrogen-bond donors (Lipinski definition) is 1. The van der Waals surface area contributed by atoms with E-state index in [1.54, 1.807) is 0 Å². The molecule has 0 radical (unpaired) electrons. The second kappa shape index (κ2) is 4.61. The number of rotatable bonds is 3. The molecule has 0 bridgehead atoms. The van der Waals surface area contributed by atoms with Crippen LogP contribution in [0.25, 0.3) is 0 Å². The number of carbonyl (C=O) groups is 1. The normalized spacial score (nSPS) is 9.50. The first-order chi connectivity index (χ1) is 6.59. The molecule has 0 saturated heterocycles. The van der Waals surface area contributed by atoms with Gasteiger partial charge in [-0.1, -0.05) is 6.58 Å². The van der Waals surface area contributed by atoms with Crippen LogP contribution >= 0.6 is 12.0 Å². The Bertz CT molecular complexity index is 413. The average Bonchev–Trinajstić information content (AvgIpc) is 2.14. The molecule has 0 saturated carbocycles. The summed E-state index contributed by atoms with van der Waals surface area (Å²) in [6, 6.07) is 1.27. The van der Waals surface area contributed by atoms with E-state index in [0.29, 0.717) is 12.0 Å². The van der Waals surface area contributed by atoms with E-state index in [2.05, 4.69) is 16.5 Å². The predicted molar refractivity (Wildman–Crippen MR) is 51.6 cm³/mol. The van der Waals surface area contributed by atoms with Gasteiger partial charge in [-0.2, -0.15) is 0 Å². The highest BCUT2D eigenvalue weighted by Crippen LogP contribution is 2.13. The molecule has 0 aliphatic carbocycles. The molecule has 0 amide bonds. The van der Waals surface area contributed by atoms with Crippen molar-refractivity contribution in [1.29, 1.82) is 0 Å². The van der Waals surface area contributed by atoms with Crippen LogP contribution in [0, 0.1) is 0 Å². The molecule has 1 rings (SSSR count). The molecule has 14 heavy (non-hydrogen) atoms. The van der Waals surface area contributed by atoms with E-state index in [1.807, 2.05) is 0 Å². The maximum atomic E-state index is 10.9. The summed E-state index contributed by atoms with van der Waals surface area (Å²) in [5.74, 6) is -0.540.